The summed E-state index contributed by atoms with van der Waals surface area (Å²) in [7, 11) is 0. The first-order chi connectivity index (χ1) is 10.3. The number of oxazole rings is 1. The molecule has 21 heavy (non-hydrogen) atoms. The first kappa shape index (κ1) is 13.6. The molecule has 0 atom stereocenters. The summed E-state index contributed by atoms with van der Waals surface area (Å²) in [5.74, 6) is -0.699. The third-order valence-corrected chi connectivity index (χ3v) is 3.62. The smallest absolute Gasteiger partial charge is 0.340 e. The van der Waals surface area contributed by atoms with Crippen molar-refractivity contribution in [3.63, 3.8) is 0 Å². The van der Waals surface area contributed by atoms with Crippen LogP contribution < -0.4 is 0 Å². The van der Waals surface area contributed by atoms with Crippen molar-refractivity contribution in [3.05, 3.63) is 30.2 Å². The Hall–Kier alpha value is -2.37. The molecule has 0 aliphatic carbocycles. The Balaban J connectivity index is 1.64. The van der Waals surface area contributed by atoms with Crippen LogP contribution in [0.25, 0.3) is 11.1 Å². The molecule has 0 spiro atoms. The van der Waals surface area contributed by atoms with E-state index in [1.807, 2.05) is 0 Å². The van der Waals surface area contributed by atoms with Gasteiger partial charge in [-0.2, -0.15) is 0 Å². The number of hydrogen-bond acceptors (Lipinski definition) is 5. The molecular formula is C15H16N2O4. The SMILES string of the molecule is O=C(OCC(=O)N1CCCCC1)c1cccc2ocnc12. The van der Waals surface area contributed by atoms with Gasteiger partial charge in [-0.25, -0.2) is 9.78 Å². The number of esters is 1. The van der Waals surface area contributed by atoms with Gasteiger partial charge >= 0.3 is 5.97 Å². The Kier molecular flexibility index (Phi) is 3.85. The van der Waals surface area contributed by atoms with Crippen molar-refractivity contribution >= 4 is 23.0 Å². The van der Waals surface area contributed by atoms with Gasteiger partial charge in [0.1, 0.15) is 5.52 Å². The van der Waals surface area contributed by atoms with Crippen molar-refractivity contribution in [2.45, 2.75) is 19.3 Å². The lowest BCUT2D eigenvalue weighted by molar-refractivity contribution is -0.135. The summed E-state index contributed by atoms with van der Waals surface area (Å²) in [5, 5.41) is 0. The number of amides is 1. The first-order valence-electron chi connectivity index (χ1n) is 7.03. The van der Waals surface area contributed by atoms with E-state index in [0.29, 0.717) is 16.7 Å². The van der Waals surface area contributed by atoms with Gasteiger partial charge in [0.05, 0.1) is 5.56 Å². The lowest BCUT2D eigenvalue weighted by atomic mass is 10.1. The normalized spacial score (nSPS) is 15.1. The monoisotopic (exact) mass is 288 g/mol. The number of nitrogens with zero attached hydrogens (tertiary/aromatic N) is 2. The second kappa shape index (κ2) is 5.95. The standard InChI is InChI=1S/C15H16N2O4/c18-13(17-7-2-1-3-8-17)9-20-15(19)11-5-4-6-12-14(11)16-10-21-12/h4-6,10H,1-3,7-9H2. The van der Waals surface area contributed by atoms with Crippen LogP contribution in [0.5, 0.6) is 0 Å². The molecule has 0 unspecified atom stereocenters. The molecule has 1 fully saturated rings. The molecule has 0 N–H and O–H groups in total. The number of piperidine rings is 1. The van der Waals surface area contributed by atoms with Crippen molar-refractivity contribution in [3.8, 4) is 0 Å². The number of aromatic nitrogens is 1. The number of benzene rings is 1. The van der Waals surface area contributed by atoms with Gasteiger partial charge in [0.2, 0.25) is 0 Å². The van der Waals surface area contributed by atoms with E-state index in [2.05, 4.69) is 4.98 Å². The highest BCUT2D eigenvalue weighted by Gasteiger charge is 2.20. The minimum Gasteiger partial charge on any atom is -0.452 e. The Labute approximate surface area is 121 Å². The predicted molar refractivity (Wildman–Crippen MR) is 74.7 cm³/mol. The van der Waals surface area contributed by atoms with Crippen LogP contribution in [-0.2, 0) is 9.53 Å². The summed E-state index contributed by atoms with van der Waals surface area (Å²) in [6.07, 6.45) is 4.45. The molecule has 1 amide bonds. The third kappa shape index (κ3) is 2.89. The molecule has 1 aromatic carbocycles. The molecule has 1 aromatic heterocycles. The maximum Gasteiger partial charge on any atom is 0.340 e. The minimum atomic E-state index is -0.556. The van der Waals surface area contributed by atoms with Crippen LogP contribution in [-0.4, -0.2) is 41.5 Å². The van der Waals surface area contributed by atoms with Gasteiger partial charge in [0.25, 0.3) is 5.91 Å². The summed E-state index contributed by atoms with van der Waals surface area (Å²) < 4.78 is 10.2. The number of hydrogen-bond donors (Lipinski definition) is 0. The van der Waals surface area contributed by atoms with Crippen LogP contribution in [0.4, 0.5) is 0 Å². The fourth-order valence-corrected chi connectivity index (χ4v) is 2.49. The molecule has 2 heterocycles. The van der Waals surface area contributed by atoms with Gasteiger partial charge in [-0.3, -0.25) is 4.79 Å². The second-order valence-electron chi connectivity index (χ2n) is 5.02. The number of carbonyl (C=O) groups is 2. The molecule has 1 saturated heterocycles. The summed E-state index contributed by atoms with van der Waals surface area (Å²) in [6, 6.07) is 5.02. The summed E-state index contributed by atoms with van der Waals surface area (Å²) >= 11 is 0. The Morgan fingerprint density at radius 2 is 2.05 bits per heavy atom. The van der Waals surface area contributed by atoms with E-state index in [1.165, 1.54) is 6.39 Å². The van der Waals surface area contributed by atoms with Crippen LogP contribution in [0, 0.1) is 0 Å². The largest absolute Gasteiger partial charge is 0.452 e. The van der Waals surface area contributed by atoms with Crippen LogP contribution in [0.2, 0.25) is 0 Å². The second-order valence-corrected chi connectivity index (χ2v) is 5.02. The van der Waals surface area contributed by atoms with Crippen molar-refractivity contribution in [2.24, 2.45) is 0 Å². The number of rotatable bonds is 3. The van der Waals surface area contributed by atoms with Gasteiger partial charge < -0.3 is 14.1 Å². The van der Waals surface area contributed by atoms with E-state index >= 15 is 0 Å². The lowest BCUT2D eigenvalue weighted by Gasteiger charge is -2.26. The third-order valence-electron chi connectivity index (χ3n) is 3.62. The number of fused-ring (bicyclic) bond motifs is 1. The van der Waals surface area contributed by atoms with Crippen LogP contribution in [0.1, 0.15) is 29.6 Å². The van der Waals surface area contributed by atoms with E-state index < -0.39 is 5.97 Å². The molecule has 0 radical (unpaired) electrons. The molecule has 110 valence electrons. The van der Waals surface area contributed by atoms with E-state index in [4.69, 9.17) is 9.15 Å². The maximum atomic E-state index is 12.1. The molecule has 1 aliphatic heterocycles. The molecule has 2 aromatic rings. The Morgan fingerprint density at radius 1 is 1.24 bits per heavy atom. The van der Waals surface area contributed by atoms with Gasteiger partial charge in [-0.15, -0.1) is 0 Å². The quantitative estimate of drug-likeness (QED) is 0.808. The van der Waals surface area contributed by atoms with E-state index in [9.17, 15) is 9.59 Å². The highest BCUT2D eigenvalue weighted by Crippen LogP contribution is 2.18. The highest BCUT2D eigenvalue weighted by molar-refractivity contribution is 6.01. The summed E-state index contributed by atoms with van der Waals surface area (Å²) in [4.78, 5) is 29.8. The van der Waals surface area contributed by atoms with Gasteiger partial charge in [0, 0.05) is 13.1 Å². The van der Waals surface area contributed by atoms with Crippen molar-refractivity contribution in [1.82, 2.24) is 9.88 Å². The average molecular weight is 288 g/mol. The van der Waals surface area contributed by atoms with Gasteiger partial charge in [-0.05, 0) is 31.4 Å². The van der Waals surface area contributed by atoms with Gasteiger partial charge in [-0.1, -0.05) is 6.07 Å². The number of ether oxygens (including phenoxy) is 1. The molecule has 6 nitrogen and oxygen atoms in total. The van der Waals surface area contributed by atoms with Crippen molar-refractivity contribution in [1.29, 1.82) is 0 Å². The fourth-order valence-electron chi connectivity index (χ4n) is 2.49. The lowest BCUT2D eigenvalue weighted by Crippen LogP contribution is -2.38. The number of carbonyl (C=O) groups excluding carboxylic acids is 2. The molecular weight excluding hydrogens is 272 g/mol. The Bertz CT molecular complexity index is 658. The topological polar surface area (TPSA) is 72.6 Å². The van der Waals surface area contributed by atoms with Crippen molar-refractivity contribution in [2.75, 3.05) is 19.7 Å². The van der Waals surface area contributed by atoms with Crippen LogP contribution >= 0.6 is 0 Å². The Morgan fingerprint density at radius 3 is 2.86 bits per heavy atom. The predicted octanol–water partition coefficient (Wildman–Crippen LogP) is 2.00. The zero-order valence-electron chi connectivity index (χ0n) is 11.6. The zero-order valence-corrected chi connectivity index (χ0v) is 11.6. The molecule has 0 saturated carbocycles. The number of likely N-dealkylation sites (tertiary alicyclic amines) is 1. The summed E-state index contributed by atoms with van der Waals surface area (Å²) in [5.41, 5.74) is 1.28. The molecule has 0 bridgehead atoms. The zero-order chi connectivity index (χ0) is 14.7. The van der Waals surface area contributed by atoms with E-state index in [1.54, 1.807) is 23.1 Å². The van der Waals surface area contributed by atoms with Crippen molar-refractivity contribution < 1.29 is 18.7 Å². The molecule has 3 rings (SSSR count). The molecule has 1 aliphatic rings. The van der Waals surface area contributed by atoms with Crippen LogP contribution in [0.15, 0.2) is 29.0 Å². The number of para-hydroxylation sites is 1. The maximum absolute atomic E-state index is 12.1. The molecule has 6 heteroatoms. The van der Waals surface area contributed by atoms with E-state index in [0.717, 1.165) is 32.4 Å². The summed E-state index contributed by atoms with van der Waals surface area (Å²) in [6.45, 7) is 1.26. The van der Waals surface area contributed by atoms with Gasteiger partial charge in [0.15, 0.2) is 18.6 Å². The fraction of sp³-hybridized carbons (Fsp3) is 0.400. The highest BCUT2D eigenvalue weighted by atomic mass is 16.5. The minimum absolute atomic E-state index is 0.143. The van der Waals surface area contributed by atoms with E-state index in [-0.39, 0.29) is 12.5 Å². The average Bonchev–Trinajstić information content (AvgIpc) is 3.01. The first-order valence-corrected chi connectivity index (χ1v) is 7.03. The van der Waals surface area contributed by atoms with Crippen LogP contribution in [0.3, 0.4) is 0 Å².